The van der Waals surface area contributed by atoms with Crippen molar-refractivity contribution in [2.75, 3.05) is 6.61 Å². The topological polar surface area (TPSA) is 26.3 Å². The maximum absolute atomic E-state index is 11.4. The highest BCUT2D eigenvalue weighted by molar-refractivity contribution is 5.72. The second kappa shape index (κ2) is 5.07. The molecule has 0 N–H and O–H groups in total. The third-order valence-corrected chi connectivity index (χ3v) is 3.96. The first-order valence-corrected chi connectivity index (χ1v) is 6.20. The van der Waals surface area contributed by atoms with E-state index in [1.54, 1.807) is 0 Å². The summed E-state index contributed by atoms with van der Waals surface area (Å²) in [5.41, 5.74) is 2.29. The number of carbonyl (C=O) groups is 1. The lowest BCUT2D eigenvalue weighted by Crippen LogP contribution is -2.47. The van der Waals surface area contributed by atoms with Crippen molar-refractivity contribution >= 4 is 5.97 Å². The molecule has 1 saturated carbocycles. The molecular formula is C15H24O2. The molecule has 96 valence electrons. The minimum Gasteiger partial charge on any atom is -0.465 e. The van der Waals surface area contributed by atoms with Crippen LogP contribution in [0.3, 0.4) is 0 Å². The molecule has 2 heteroatoms. The van der Waals surface area contributed by atoms with E-state index in [-0.39, 0.29) is 11.4 Å². The van der Waals surface area contributed by atoms with Crippen LogP contribution in [-0.2, 0) is 9.53 Å². The fraction of sp³-hybridized carbons (Fsp3) is 0.667. The lowest BCUT2D eigenvalue weighted by atomic mass is 9.53. The van der Waals surface area contributed by atoms with E-state index in [4.69, 9.17) is 4.74 Å². The Morgan fingerprint density at radius 3 is 2.35 bits per heavy atom. The number of hydrogen-bond donors (Lipinski definition) is 0. The molecule has 0 amide bonds. The van der Waals surface area contributed by atoms with Gasteiger partial charge in [0, 0.05) is 0 Å². The Hall–Kier alpha value is -1.05. The van der Waals surface area contributed by atoms with Crippen molar-refractivity contribution in [1.82, 2.24) is 0 Å². The Morgan fingerprint density at radius 2 is 1.94 bits per heavy atom. The molecule has 1 aliphatic carbocycles. The molecule has 2 atom stereocenters. The van der Waals surface area contributed by atoms with E-state index in [1.165, 1.54) is 5.57 Å². The van der Waals surface area contributed by atoms with Gasteiger partial charge in [0.1, 0.15) is 0 Å². The van der Waals surface area contributed by atoms with E-state index in [0.29, 0.717) is 24.9 Å². The van der Waals surface area contributed by atoms with Crippen molar-refractivity contribution in [1.29, 1.82) is 0 Å². The average Bonchev–Trinajstić information content (AvgIpc) is 2.14. The normalized spacial score (nSPS) is 25.9. The average molecular weight is 236 g/mol. The molecule has 0 aromatic carbocycles. The summed E-state index contributed by atoms with van der Waals surface area (Å²) in [6.45, 7) is 16.6. The van der Waals surface area contributed by atoms with Gasteiger partial charge in [0.15, 0.2) is 0 Å². The molecular weight excluding hydrogens is 212 g/mol. The third kappa shape index (κ3) is 3.21. The van der Waals surface area contributed by atoms with E-state index < -0.39 is 0 Å². The van der Waals surface area contributed by atoms with Gasteiger partial charge in [0.25, 0.3) is 0 Å². The summed E-state index contributed by atoms with van der Waals surface area (Å²) in [7, 11) is 0. The summed E-state index contributed by atoms with van der Waals surface area (Å²) < 4.78 is 5.29. The molecule has 0 aromatic heterocycles. The van der Waals surface area contributed by atoms with Gasteiger partial charge < -0.3 is 4.74 Å². The summed E-state index contributed by atoms with van der Waals surface area (Å²) in [5.74, 6) is 0.859. The number of carbonyl (C=O) groups excluding carboxylic acids is 1. The Balaban J connectivity index is 2.38. The van der Waals surface area contributed by atoms with Crippen LogP contribution in [0.5, 0.6) is 0 Å². The fourth-order valence-corrected chi connectivity index (χ4v) is 2.63. The van der Waals surface area contributed by atoms with Gasteiger partial charge in [-0.25, -0.2) is 0 Å². The fourth-order valence-electron chi connectivity index (χ4n) is 2.63. The molecule has 0 unspecified atom stereocenters. The van der Waals surface area contributed by atoms with E-state index in [9.17, 15) is 4.79 Å². The van der Waals surface area contributed by atoms with Gasteiger partial charge in [-0.15, -0.1) is 0 Å². The highest BCUT2D eigenvalue weighted by Crippen LogP contribution is 2.54. The first-order valence-electron chi connectivity index (χ1n) is 6.20. The monoisotopic (exact) mass is 236 g/mol. The molecule has 1 aliphatic rings. The Labute approximate surface area is 105 Å². The molecule has 0 bridgehead atoms. The molecule has 2 nitrogen and oxygen atoms in total. The van der Waals surface area contributed by atoms with Crippen LogP contribution >= 0.6 is 0 Å². The van der Waals surface area contributed by atoms with Crippen molar-refractivity contribution in [2.45, 2.75) is 40.5 Å². The largest absolute Gasteiger partial charge is 0.465 e. The number of allylic oxidation sites excluding steroid dienone is 1. The number of rotatable bonds is 5. The molecule has 0 aromatic rings. The highest BCUT2D eigenvalue weighted by Gasteiger charge is 2.48. The van der Waals surface area contributed by atoms with Crippen LogP contribution in [0.4, 0.5) is 0 Å². The molecule has 0 aliphatic heterocycles. The first kappa shape index (κ1) is 14.0. The predicted molar refractivity (Wildman–Crippen MR) is 70.6 cm³/mol. The maximum atomic E-state index is 11.4. The molecule has 0 heterocycles. The van der Waals surface area contributed by atoms with E-state index in [1.807, 2.05) is 6.92 Å². The second-order valence-corrected chi connectivity index (χ2v) is 5.97. The summed E-state index contributed by atoms with van der Waals surface area (Å²) in [6, 6.07) is 0. The molecule has 0 saturated heterocycles. The zero-order valence-electron chi connectivity index (χ0n) is 11.5. The van der Waals surface area contributed by atoms with Gasteiger partial charge in [0.05, 0.1) is 13.0 Å². The van der Waals surface area contributed by atoms with Gasteiger partial charge in [0.2, 0.25) is 0 Å². The minimum atomic E-state index is -0.160. The highest BCUT2D eigenvalue weighted by atomic mass is 16.5. The standard InChI is InChI=1S/C15H24O2/c1-10(2)7-14(16)17-9-12-8-13(11(3)4)15(12,5)6/h12-13H,1,3,7-9H2,2,4-6H3/t12-,13-/m1/s1. The van der Waals surface area contributed by atoms with Crippen molar-refractivity contribution in [3.05, 3.63) is 24.3 Å². The van der Waals surface area contributed by atoms with Crippen LogP contribution in [-0.4, -0.2) is 12.6 Å². The first-order chi connectivity index (χ1) is 7.75. The van der Waals surface area contributed by atoms with Crippen LogP contribution in [0.1, 0.15) is 40.5 Å². The van der Waals surface area contributed by atoms with Gasteiger partial charge >= 0.3 is 5.97 Å². The lowest BCUT2D eigenvalue weighted by molar-refractivity contribution is -0.149. The second-order valence-electron chi connectivity index (χ2n) is 5.97. The molecule has 17 heavy (non-hydrogen) atoms. The molecule has 1 rings (SSSR count). The number of esters is 1. The number of ether oxygens (including phenoxy) is 1. The van der Waals surface area contributed by atoms with E-state index in [0.717, 1.165) is 12.0 Å². The van der Waals surface area contributed by atoms with Crippen LogP contribution in [0.15, 0.2) is 24.3 Å². The van der Waals surface area contributed by atoms with Gasteiger partial charge in [-0.1, -0.05) is 38.2 Å². The van der Waals surface area contributed by atoms with Crippen molar-refractivity contribution in [3.63, 3.8) is 0 Å². The zero-order valence-corrected chi connectivity index (χ0v) is 11.5. The Bertz CT molecular complexity index is 339. The van der Waals surface area contributed by atoms with Crippen LogP contribution in [0.2, 0.25) is 0 Å². The van der Waals surface area contributed by atoms with Crippen LogP contribution in [0.25, 0.3) is 0 Å². The van der Waals surface area contributed by atoms with E-state index in [2.05, 4.69) is 33.9 Å². The predicted octanol–water partition coefficient (Wildman–Crippen LogP) is 3.73. The zero-order chi connectivity index (χ0) is 13.2. The third-order valence-electron chi connectivity index (χ3n) is 3.96. The molecule has 0 spiro atoms. The van der Waals surface area contributed by atoms with Gasteiger partial charge in [-0.05, 0) is 37.5 Å². The lowest BCUT2D eigenvalue weighted by Gasteiger charge is -2.52. The number of hydrogen-bond acceptors (Lipinski definition) is 2. The smallest absolute Gasteiger partial charge is 0.309 e. The summed E-state index contributed by atoms with van der Waals surface area (Å²) in [5, 5.41) is 0. The van der Waals surface area contributed by atoms with Crippen LogP contribution in [0, 0.1) is 17.3 Å². The van der Waals surface area contributed by atoms with Crippen molar-refractivity contribution < 1.29 is 9.53 Å². The summed E-state index contributed by atoms with van der Waals surface area (Å²) in [4.78, 5) is 11.4. The van der Waals surface area contributed by atoms with E-state index >= 15 is 0 Å². The Morgan fingerprint density at radius 1 is 1.35 bits per heavy atom. The quantitative estimate of drug-likeness (QED) is 0.537. The summed E-state index contributed by atoms with van der Waals surface area (Å²) in [6.07, 6.45) is 1.42. The van der Waals surface area contributed by atoms with Crippen molar-refractivity contribution in [3.8, 4) is 0 Å². The summed E-state index contributed by atoms with van der Waals surface area (Å²) >= 11 is 0. The molecule has 0 radical (unpaired) electrons. The van der Waals surface area contributed by atoms with Crippen LogP contribution < -0.4 is 0 Å². The van der Waals surface area contributed by atoms with Gasteiger partial charge in [-0.2, -0.15) is 0 Å². The minimum absolute atomic E-state index is 0.160. The maximum Gasteiger partial charge on any atom is 0.309 e. The Kier molecular flexibility index (Phi) is 4.18. The van der Waals surface area contributed by atoms with Gasteiger partial charge in [-0.3, -0.25) is 4.79 Å². The molecule has 1 fully saturated rings. The van der Waals surface area contributed by atoms with Crippen molar-refractivity contribution in [2.24, 2.45) is 17.3 Å². The SMILES string of the molecule is C=C(C)CC(=O)OC[C@H]1C[C@H](C(=C)C)C1(C)C.